The Morgan fingerprint density at radius 1 is 1.32 bits per heavy atom. The van der Waals surface area contributed by atoms with Crippen LogP contribution in [0.3, 0.4) is 0 Å². The summed E-state index contributed by atoms with van der Waals surface area (Å²) in [7, 11) is 0. The molecule has 2 rings (SSSR count). The summed E-state index contributed by atoms with van der Waals surface area (Å²) in [6.45, 7) is 3.74. The molecule has 3 N–H and O–H groups in total. The highest BCUT2D eigenvalue weighted by Crippen LogP contribution is 2.11. The van der Waals surface area contributed by atoms with Crippen molar-refractivity contribution in [3.63, 3.8) is 0 Å². The largest absolute Gasteiger partial charge is 0.381 e. The second-order valence-electron chi connectivity index (χ2n) is 5.45. The number of hydrogen-bond donors (Lipinski definition) is 3. The van der Waals surface area contributed by atoms with E-state index in [-0.39, 0.29) is 30.2 Å². The molecule has 1 aromatic rings. The maximum absolute atomic E-state index is 11.3. The smallest absolute Gasteiger partial charge is 0.232 e. The zero-order valence-electron chi connectivity index (χ0n) is 12.8. The number of nitrogens with one attached hydrogen (secondary N) is 3. The van der Waals surface area contributed by atoms with E-state index in [1.54, 1.807) is 0 Å². The number of benzene rings is 1. The first kappa shape index (κ1) is 16.6. The Labute approximate surface area is 130 Å². The summed E-state index contributed by atoms with van der Waals surface area (Å²) in [6.07, 6.45) is 1.07. The average Bonchev–Trinajstić information content (AvgIpc) is 2.84. The highest BCUT2D eigenvalue weighted by Gasteiger charge is 2.30. The predicted molar refractivity (Wildman–Crippen MR) is 82.7 cm³/mol. The molecule has 2 atom stereocenters. The Morgan fingerprint density at radius 2 is 2.09 bits per heavy atom. The Morgan fingerprint density at radius 3 is 2.77 bits per heavy atom. The van der Waals surface area contributed by atoms with Gasteiger partial charge in [-0.2, -0.15) is 0 Å². The molecule has 22 heavy (non-hydrogen) atoms. The van der Waals surface area contributed by atoms with Crippen LogP contribution in [-0.2, 0) is 14.3 Å². The lowest BCUT2D eigenvalue weighted by Gasteiger charge is -2.15. The van der Waals surface area contributed by atoms with Gasteiger partial charge in [0.15, 0.2) is 0 Å². The predicted octanol–water partition coefficient (Wildman–Crippen LogP) is 0.911. The normalized spacial score (nSPS) is 19.2. The van der Waals surface area contributed by atoms with Crippen molar-refractivity contribution in [3.05, 3.63) is 35.9 Å². The number of ether oxygens (including phenoxy) is 1. The van der Waals surface area contributed by atoms with Gasteiger partial charge in [-0.1, -0.05) is 30.3 Å². The van der Waals surface area contributed by atoms with Gasteiger partial charge in [0.1, 0.15) is 0 Å². The summed E-state index contributed by atoms with van der Waals surface area (Å²) in [6, 6.07) is 10.4. The van der Waals surface area contributed by atoms with Crippen molar-refractivity contribution in [3.8, 4) is 0 Å². The molecule has 0 bridgehead atoms. The van der Waals surface area contributed by atoms with Crippen LogP contribution in [0.15, 0.2) is 30.3 Å². The first-order valence-electron chi connectivity index (χ1n) is 7.61. The summed E-state index contributed by atoms with van der Waals surface area (Å²) in [4.78, 5) is 22.3. The van der Waals surface area contributed by atoms with Gasteiger partial charge < -0.3 is 4.74 Å². The molecule has 2 unspecified atom stereocenters. The van der Waals surface area contributed by atoms with Gasteiger partial charge in [-0.05, 0) is 18.9 Å². The molecular weight excluding hydrogens is 282 g/mol. The third-order valence-electron chi connectivity index (χ3n) is 3.59. The number of hydrogen-bond acceptors (Lipinski definition) is 5. The van der Waals surface area contributed by atoms with E-state index in [1.165, 1.54) is 5.56 Å². The molecule has 1 heterocycles. The first-order valence-corrected chi connectivity index (χ1v) is 7.61. The number of imide groups is 1. The summed E-state index contributed by atoms with van der Waals surface area (Å²) >= 11 is 0. The van der Waals surface area contributed by atoms with E-state index in [9.17, 15) is 9.59 Å². The van der Waals surface area contributed by atoms with Gasteiger partial charge in [-0.25, -0.2) is 0 Å². The molecule has 2 amide bonds. The lowest BCUT2D eigenvalue weighted by atomic mass is 10.1. The molecule has 0 aromatic heterocycles. The van der Waals surface area contributed by atoms with E-state index in [0.29, 0.717) is 13.2 Å². The van der Waals surface area contributed by atoms with E-state index < -0.39 is 0 Å². The van der Waals surface area contributed by atoms with E-state index in [1.807, 2.05) is 18.2 Å². The Kier molecular flexibility index (Phi) is 6.51. The number of carbonyl (C=O) groups excluding carboxylic acids is 2. The number of carbonyl (C=O) groups is 2. The lowest BCUT2D eigenvalue weighted by Crippen LogP contribution is -2.35. The fraction of sp³-hybridized carbons (Fsp3) is 0.500. The zero-order chi connectivity index (χ0) is 15.8. The molecule has 1 saturated heterocycles. The van der Waals surface area contributed by atoms with Crippen LogP contribution in [0.4, 0.5) is 0 Å². The monoisotopic (exact) mass is 305 g/mol. The van der Waals surface area contributed by atoms with Crippen LogP contribution >= 0.6 is 0 Å². The third kappa shape index (κ3) is 5.22. The highest BCUT2D eigenvalue weighted by molar-refractivity contribution is 6.03. The van der Waals surface area contributed by atoms with Gasteiger partial charge in [0, 0.05) is 25.6 Å². The van der Waals surface area contributed by atoms with Crippen molar-refractivity contribution in [2.24, 2.45) is 5.92 Å². The van der Waals surface area contributed by atoms with Crippen LogP contribution in [0.2, 0.25) is 0 Å². The topological polar surface area (TPSA) is 79.5 Å². The minimum Gasteiger partial charge on any atom is -0.381 e. The SMILES string of the molecule is CC(NNCCCOCC1CC(=O)NC1=O)c1ccccc1. The van der Waals surface area contributed by atoms with Gasteiger partial charge >= 0.3 is 0 Å². The Hall–Kier alpha value is -1.76. The van der Waals surface area contributed by atoms with Crippen LogP contribution in [-0.4, -0.2) is 31.6 Å². The van der Waals surface area contributed by atoms with Gasteiger partial charge in [0.2, 0.25) is 11.8 Å². The van der Waals surface area contributed by atoms with Gasteiger partial charge in [-0.15, -0.1) is 0 Å². The second-order valence-corrected chi connectivity index (χ2v) is 5.45. The van der Waals surface area contributed by atoms with E-state index in [4.69, 9.17) is 4.74 Å². The quantitative estimate of drug-likeness (QED) is 0.359. The molecule has 0 aliphatic carbocycles. The van der Waals surface area contributed by atoms with Gasteiger partial charge in [0.05, 0.1) is 12.5 Å². The minimum absolute atomic E-state index is 0.209. The standard InChI is InChI=1S/C16H23N3O3/c1-12(13-6-3-2-4-7-13)19-17-8-5-9-22-11-14-10-15(20)18-16(14)21/h2-4,6-7,12,14,17,19H,5,8-11H2,1H3,(H,18,20,21). The fourth-order valence-electron chi connectivity index (χ4n) is 2.28. The molecule has 6 nitrogen and oxygen atoms in total. The lowest BCUT2D eigenvalue weighted by molar-refractivity contribution is -0.126. The summed E-state index contributed by atoms with van der Waals surface area (Å²) in [5.74, 6) is -0.752. The van der Waals surface area contributed by atoms with E-state index in [0.717, 1.165) is 13.0 Å². The number of amides is 2. The molecule has 1 aromatic carbocycles. The fourth-order valence-corrected chi connectivity index (χ4v) is 2.28. The molecule has 0 saturated carbocycles. The van der Waals surface area contributed by atoms with Crippen molar-refractivity contribution >= 4 is 11.8 Å². The van der Waals surface area contributed by atoms with Gasteiger partial charge in [0.25, 0.3) is 0 Å². The number of rotatable bonds is 9. The first-order chi connectivity index (χ1) is 10.7. The Balaban J connectivity index is 1.49. The molecular formula is C16H23N3O3. The maximum atomic E-state index is 11.3. The van der Waals surface area contributed by atoms with Crippen molar-refractivity contribution in [2.75, 3.05) is 19.8 Å². The summed E-state index contributed by atoms with van der Waals surface area (Å²) in [5, 5.41) is 2.28. The molecule has 1 aliphatic rings. The highest BCUT2D eigenvalue weighted by atomic mass is 16.5. The Bertz CT molecular complexity index is 493. The molecule has 0 spiro atoms. The van der Waals surface area contributed by atoms with E-state index in [2.05, 4.69) is 35.2 Å². The molecule has 0 radical (unpaired) electrons. The summed E-state index contributed by atoms with van der Waals surface area (Å²) < 4.78 is 5.45. The minimum atomic E-state index is -0.323. The van der Waals surface area contributed by atoms with Crippen LogP contribution < -0.4 is 16.2 Å². The molecule has 6 heteroatoms. The molecule has 1 aliphatic heterocycles. The van der Waals surface area contributed by atoms with Crippen molar-refractivity contribution < 1.29 is 14.3 Å². The van der Waals surface area contributed by atoms with Crippen LogP contribution in [0.25, 0.3) is 0 Å². The van der Waals surface area contributed by atoms with Crippen LogP contribution in [0.5, 0.6) is 0 Å². The summed E-state index contributed by atoms with van der Waals surface area (Å²) in [5.41, 5.74) is 7.62. The maximum Gasteiger partial charge on any atom is 0.232 e. The average molecular weight is 305 g/mol. The molecule has 1 fully saturated rings. The van der Waals surface area contributed by atoms with E-state index >= 15 is 0 Å². The zero-order valence-corrected chi connectivity index (χ0v) is 12.8. The number of hydrazine groups is 1. The van der Waals surface area contributed by atoms with Crippen molar-refractivity contribution in [1.82, 2.24) is 16.2 Å². The van der Waals surface area contributed by atoms with Gasteiger partial charge in [-0.3, -0.25) is 25.8 Å². The van der Waals surface area contributed by atoms with Crippen molar-refractivity contribution in [1.29, 1.82) is 0 Å². The third-order valence-corrected chi connectivity index (χ3v) is 3.59. The van der Waals surface area contributed by atoms with Crippen molar-refractivity contribution in [2.45, 2.75) is 25.8 Å². The van der Waals surface area contributed by atoms with Crippen LogP contribution in [0, 0.1) is 5.92 Å². The molecule has 120 valence electrons. The second kappa shape index (κ2) is 8.63. The van der Waals surface area contributed by atoms with Crippen LogP contribution in [0.1, 0.15) is 31.4 Å².